The molecule has 0 radical (unpaired) electrons. The van der Waals surface area contributed by atoms with Crippen molar-refractivity contribution in [2.24, 2.45) is 5.92 Å². The van der Waals surface area contributed by atoms with Gasteiger partial charge in [0.25, 0.3) is 0 Å². The number of carbonyl (C=O) groups is 1. The predicted octanol–water partition coefficient (Wildman–Crippen LogP) is 3.06. The van der Waals surface area contributed by atoms with Crippen molar-refractivity contribution in [1.82, 2.24) is 5.32 Å². The van der Waals surface area contributed by atoms with Gasteiger partial charge < -0.3 is 15.2 Å². The summed E-state index contributed by atoms with van der Waals surface area (Å²) < 4.78 is 5.68. The molecule has 0 aromatic rings. The fourth-order valence-electron chi connectivity index (χ4n) is 2.01. The smallest absolute Gasteiger partial charge is 0.323 e. The maximum Gasteiger partial charge on any atom is 0.323 e. The lowest BCUT2D eigenvalue weighted by Gasteiger charge is -2.24. The van der Waals surface area contributed by atoms with Crippen LogP contribution >= 0.6 is 0 Å². The maximum atomic E-state index is 11.1. The molecule has 0 rings (SSSR count). The van der Waals surface area contributed by atoms with Crippen LogP contribution in [0, 0.1) is 5.92 Å². The van der Waals surface area contributed by atoms with Crippen LogP contribution in [-0.2, 0) is 9.53 Å². The van der Waals surface area contributed by atoms with Crippen molar-refractivity contribution in [1.29, 1.82) is 0 Å². The summed E-state index contributed by atoms with van der Waals surface area (Å²) in [7, 11) is 1.69. The molecule has 0 aliphatic heterocycles. The first-order chi connectivity index (χ1) is 9.00. The normalized spacial score (nSPS) is 16.0. The van der Waals surface area contributed by atoms with E-state index >= 15 is 0 Å². The molecule has 4 heteroatoms. The lowest BCUT2D eigenvalue weighted by molar-refractivity contribution is -0.144. The Kier molecular flexibility index (Phi) is 9.88. The molecule has 0 aliphatic carbocycles. The van der Waals surface area contributed by atoms with E-state index < -0.39 is 11.5 Å². The lowest BCUT2D eigenvalue weighted by Crippen LogP contribution is -2.47. The molecule has 0 heterocycles. The second-order valence-corrected chi connectivity index (χ2v) is 5.48. The van der Waals surface area contributed by atoms with Gasteiger partial charge in [0, 0.05) is 13.2 Å². The van der Waals surface area contributed by atoms with Gasteiger partial charge in [0.15, 0.2) is 0 Å². The topological polar surface area (TPSA) is 58.6 Å². The Morgan fingerprint density at radius 1 is 1.37 bits per heavy atom. The van der Waals surface area contributed by atoms with Gasteiger partial charge in [0.2, 0.25) is 0 Å². The first-order valence-electron chi connectivity index (χ1n) is 7.50. The summed E-state index contributed by atoms with van der Waals surface area (Å²) in [5, 5.41) is 12.0. The Balaban J connectivity index is 3.76. The third-order valence-corrected chi connectivity index (χ3v) is 3.89. The molecule has 0 aromatic carbocycles. The number of ether oxygens (including phenoxy) is 1. The minimum absolute atomic E-state index is 0.588. The van der Waals surface area contributed by atoms with E-state index in [1.54, 1.807) is 14.0 Å². The Hall–Kier alpha value is -0.610. The number of likely N-dealkylation sites (N-methyl/N-ethyl adjacent to an activating group) is 1. The molecule has 0 aliphatic rings. The summed E-state index contributed by atoms with van der Waals surface area (Å²) in [6.45, 7) is 7.57. The van der Waals surface area contributed by atoms with Gasteiger partial charge in [-0.1, -0.05) is 33.1 Å². The SMILES string of the molecule is CCCCC(CC)COCCCC(C)(NC)C(=O)O. The van der Waals surface area contributed by atoms with Gasteiger partial charge in [-0.25, -0.2) is 0 Å². The molecule has 0 saturated heterocycles. The van der Waals surface area contributed by atoms with E-state index in [9.17, 15) is 4.79 Å². The minimum atomic E-state index is -0.838. The van der Waals surface area contributed by atoms with Crippen LogP contribution < -0.4 is 5.32 Å². The molecule has 0 aromatic heterocycles. The predicted molar refractivity (Wildman–Crippen MR) is 78.5 cm³/mol. The molecular weight excluding hydrogens is 242 g/mol. The van der Waals surface area contributed by atoms with E-state index in [2.05, 4.69) is 19.2 Å². The van der Waals surface area contributed by atoms with Crippen LogP contribution in [0.15, 0.2) is 0 Å². The summed E-state index contributed by atoms with van der Waals surface area (Å²) in [5.41, 5.74) is -0.838. The van der Waals surface area contributed by atoms with E-state index in [1.165, 1.54) is 19.3 Å². The Bertz CT molecular complexity index is 246. The highest BCUT2D eigenvalue weighted by Crippen LogP contribution is 2.15. The lowest BCUT2D eigenvalue weighted by atomic mass is 9.96. The Morgan fingerprint density at radius 2 is 2.05 bits per heavy atom. The van der Waals surface area contributed by atoms with E-state index in [0.717, 1.165) is 19.4 Å². The first-order valence-corrected chi connectivity index (χ1v) is 7.50. The zero-order valence-corrected chi connectivity index (χ0v) is 13.0. The van der Waals surface area contributed by atoms with Crippen LogP contribution in [-0.4, -0.2) is 36.9 Å². The highest BCUT2D eigenvalue weighted by atomic mass is 16.5. The average Bonchev–Trinajstić information content (AvgIpc) is 2.41. The number of hydrogen-bond donors (Lipinski definition) is 2. The monoisotopic (exact) mass is 273 g/mol. The van der Waals surface area contributed by atoms with Crippen molar-refractivity contribution in [2.75, 3.05) is 20.3 Å². The van der Waals surface area contributed by atoms with Crippen LogP contribution in [0.3, 0.4) is 0 Å². The molecule has 2 unspecified atom stereocenters. The van der Waals surface area contributed by atoms with Gasteiger partial charge in [0.05, 0.1) is 0 Å². The van der Waals surface area contributed by atoms with Crippen molar-refractivity contribution < 1.29 is 14.6 Å². The largest absolute Gasteiger partial charge is 0.480 e. The highest BCUT2D eigenvalue weighted by molar-refractivity contribution is 5.78. The molecule has 0 spiro atoms. The number of hydrogen-bond acceptors (Lipinski definition) is 3. The van der Waals surface area contributed by atoms with Crippen molar-refractivity contribution in [3.8, 4) is 0 Å². The van der Waals surface area contributed by atoms with Gasteiger partial charge in [-0.15, -0.1) is 0 Å². The van der Waals surface area contributed by atoms with Gasteiger partial charge in [-0.3, -0.25) is 4.79 Å². The van der Waals surface area contributed by atoms with E-state index in [0.29, 0.717) is 18.9 Å². The van der Waals surface area contributed by atoms with E-state index in [1.807, 2.05) is 0 Å². The molecule has 0 amide bonds. The van der Waals surface area contributed by atoms with E-state index in [-0.39, 0.29) is 0 Å². The van der Waals surface area contributed by atoms with Gasteiger partial charge >= 0.3 is 5.97 Å². The zero-order chi connectivity index (χ0) is 14.7. The summed E-state index contributed by atoms with van der Waals surface area (Å²) in [6.07, 6.45) is 6.24. The first kappa shape index (κ1) is 18.4. The Labute approximate surface area is 117 Å². The number of carboxylic acid groups (broad SMARTS) is 1. The molecule has 2 N–H and O–H groups in total. The Morgan fingerprint density at radius 3 is 2.53 bits per heavy atom. The molecule has 114 valence electrons. The average molecular weight is 273 g/mol. The minimum Gasteiger partial charge on any atom is -0.480 e. The second kappa shape index (κ2) is 10.2. The molecule has 2 atom stereocenters. The third-order valence-electron chi connectivity index (χ3n) is 3.89. The summed E-state index contributed by atoms with van der Waals surface area (Å²) in [4.78, 5) is 11.1. The maximum absolute atomic E-state index is 11.1. The van der Waals surface area contributed by atoms with Crippen molar-refractivity contribution in [3.63, 3.8) is 0 Å². The number of carboxylic acids is 1. The summed E-state index contributed by atoms with van der Waals surface area (Å²) >= 11 is 0. The second-order valence-electron chi connectivity index (χ2n) is 5.48. The quantitative estimate of drug-likeness (QED) is 0.537. The molecule has 19 heavy (non-hydrogen) atoms. The number of rotatable bonds is 12. The zero-order valence-electron chi connectivity index (χ0n) is 13.0. The van der Waals surface area contributed by atoms with Gasteiger partial charge in [-0.05, 0) is 39.2 Å². The molecule has 0 bridgehead atoms. The third kappa shape index (κ3) is 7.53. The number of unbranched alkanes of at least 4 members (excludes halogenated alkanes) is 1. The van der Waals surface area contributed by atoms with Gasteiger partial charge in [-0.2, -0.15) is 0 Å². The summed E-state index contributed by atoms with van der Waals surface area (Å²) in [6, 6.07) is 0. The van der Waals surface area contributed by atoms with Crippen LogP contribution in [0.5, 0.6) is 0 Å². The number of aliphatic carboxylic acids is 1. The van der Waals surface area contributed by atoms with E-state index in [4.69, 9.17) is 9.84 Å². The fraction of sp³-hybridized carbons (Fsp3) is 0.933. The van der Waals surface area contributed by atoms with Crippen molar-refractivity contribution >= 4 is 5.97 Å². The molecule has 0 saturated carbocycles. The molecule has 4 nitrogen and oxygen atoms in total. The summed E-state index contributed by atoms with van der Waals surface area (Å²) in [5.74, 6) is -0.153. The van der Waals surface area contributed by atoms with Crippen LogP contribution in [0.25, 0.3) is 0 Å². The van der Waals surface area contributed by atoms with Crippen LogP contribution in [0.4, 0.5) is 0 Å². The van der Waals surface area contributed by atoms with Crippen LogP contribution in [0.1, 0.15) is 59.3 Å². The van der Waals surface area contributed by atoms with Crippen molar-refractivity contribution in [2.45, 2.75) is 64.8 Å². The fourth-order valence-corrected chi connectivity index (χ4v) is 2.01. The number of nitrogens with one attached hydrogen (secondary N) is 1. The van der Waals surface area contributed by atoms with Crippen LogP contribution in [0.2, 0.25) is 0 Å². The van der Waals surface area contributed by atoms with Crippen molar-refractivity contribution in [3.05, 3.63) is 0 Å². The standard InChI is InChI=1S/C15H31NO3/c1-5-7-9-13(6-2)12-19-11-8-10-15(3,16-4)14(17)18/h13,16H,5-12H2,1-4H3,(H,17,18). The molecular formula is C15H31NO3. The highest BCUT2D eigenvalue weighted by Gasteiger charge is 2.30. The van der Waals surface area contributed by atoms with Gasteiger partial charge in [0.1, 0.15) is 5.54 Å². The molecule has 0 fully saturated rings.